The lowest BCUT2D eigenvalue weighted by molar-refractivity contribution is 0.229. The molecule has 3 N–H and O–H groups in total. The molecule has 0 aliphatic rings. The second kappa shape index (κ2) is 6.38. The Balaban J connectivity index is 2.02. The highest BCUT2D eigenvalue weighted by Gasteiger charge is 2.04. The predicted molar refractivity (Wildman–Crippen MR) is 77.4 cm³/mol. The van der Waals surface area contributed by atoms with Crippen LogP contribution in [0.1, 0.15) is 19.8 Å². The monoisotopic (exact) mass is 260 g/mol. The number of anilines is 1. The Morgan fingerprint density at radius 3 is 2.95 bits per heavy atom. The minimum atomic E-state index is 0.236. The van der Waals surface area contributed by atoms with Crippen LogP contribution in [0.3, 0.4) is 0 Å². The summed E-state index contributed by atoms with van der Waals surface area (Å²) in [4.78, 5) is 4.31. The number of phenolic OH excluding ortho intramolecular Hbond substituents is 1. The molecule has 0 bridgehead atoms. The second-order valence-electron chi connectivity index (χ2n) is 4.92. The first-order chi connectivity index (χ1) is 9.20. The lowest BCUT2D eigenvalue weighted by Crippen LogP contribution is -2.07. The zero-order chi connectivity index (χ0) is 13.7. The van der Waals surface area contributed by atoms with E-state index in [0.717, 1.165) is 36.0 Å². The van der Waals surface area contributed by atoms with Crippen LogP contribution in [0.15, 0.2) is 30.5 Å². The maximum Gasteiger partial charge on any atom is 0.133 e. The van der Waals surface area contributed by atoms with E-state index in [1.165, 1.54) is 0 Å². The van der Waals surface area contributed by atoms with Crippen molar-refractivity contribution in [3.05, 3.63) is 30.5 Å². The van der Waals surface area contributed by atoms with Gasteiger partial charge < -0.3 is 15.5 Å². The van der Waals surface area contributed by atoms with Crippen LogP contribution in [0.5, 0.6) is 5.75 Å². The van der Waals surface area contributed by atoms with Gasteiger partial charge in [0.25, 0.3) is 0 Å². The Morgan fingerprint density at radius 2 is 2.16 bits per heavy atom. The highest BCUT2D eigenvalue weighted by Crippen LogP contribution is 2.25. The zero-order valence-electron chi connectivity index (χ0n) is 11.1. The van der Waals surface area contributed by atoms with Gasteiger partial charge in [0.15, 0.2) is 0 Å². The SMILES string of the molecule is CC(CO)CCCNc1nccc2ccc(O)cc12. The standard InChI is InChI=1S/C15H20N2O2/c1-11(10-18)3-2-7-16-15-14-9-13(19)5-4-12(14)6-8-17-15/h4-6,8-9,11,18-19H,2-3,7,10H2,1H3,(H,16,17). The van der Waals surface area contributed by atoms with Crippen molar-refractivity contribution in [3.8, 4) is 5.75 Å². The third-order valence-corrected chi connectivity index (χ3v) is 3.23. The molecule has 4 heteroatoms. The molecule has 0 saturated heterocycles. The maximum absolute atomic E-state index is 9.55. The summed E-state index contributed by atoms with van der Waals surface area (Å²) in [6.45, 7) is 3.08. The van der Waals surface area contributed by atoms with Crippen molar-refractivity contribution in [1.82, 2.24) is 4.98 Å². The van der Waals surface area contributed by atoms with Crippen LogP contribution in [0.4, 0.5) is 5.82 Å². The van der Waals surface area contributed by atoms with Crippen LogP contribution in [-0.4, -0.2) is 28.3 Å². The Bertz CT molecular complexity index is 543. The topological polar surface area (TPSA) is 65.4 Å². The van der Waals surface area contributed by atoms with Gasteiger partial charge in [-0.2, -0.15) is 0 Å². The predicted octanol–water partition coefficient (Wildman–Crippen LogP) is 2.76. The number of phenols is 1. The summed E-state index contributed by atoms with van der Waals surface area (Å²) in [6.07, 6.45) is 3.73. The highest BCUT2D eigenvalue weighted by molar-refractivity contribution is 5.92. The number of nitrogens with zero attached hydrogens (tertiary/aromatic N) is 1. The van der Waals surface area contributed by atoms with Gasteiger partial charge in [0.2, 0.25) is 0 Å². The molecule has 0 aliphatic heterocycles. The molecule has 2 aromatic rings. The summed E-state index contributed by atoms with van der Waals surface area (Å²) in [6, 6.07) is 7.20. The largest absolute Gasteiger partial charge is 0.508 e. The van der Waals surface area contributed by atoms with Crippen molar-refractivity contribution in [2.75, 3.05) is 18.5 Å². The number of benzene rings is 1. The fourth-order valence-electron chi connectivity index (χ4n) is 2.05. The molecule has 0 radical (unpaired) electrons. The van der Waals surface area contributed by atoms with Gasteiger partial charge in [-0.1, -0.05) is 13.0 Å². The van der Waals surface area contributed by atoms with Crippen LogP contribution in [0, 0.1) is 5.92 Å². The smallest absolute Gasteiger partial charge is 0.133 e. The number of aromatic hydroxyl groups is 1. The van der Waals surface area contributed by atoms with E-state index >= 15 is 0 Å². The number of fused-ring (bicyclic) bond motifs is 1. The number of aliphatic hydroxyl groups is 1. The first-order valence-electron chi connectivity index (χ1n) is 6.63. The molecular formula is C15H20N2O2. The fourth-order valence-corrected chi connectivity index (χ4v) is 2.05. The van der Waals surface area contributed by atoms with Gasteiger partial charge in [-0.05, 0) is 42.3 Å². The van der Waals surface area contributed by atoms with Gasteiger partial charge >= 0.3 is 0 Å². The highest BCUT2D eigenvalue weighted by atomic mass is 16.3. The average molecular weight is 260 g/mol. The van der Waals surface area contributed by atoms with E-state index in [4.69, 9.17) is 5.11 Å². The van der Waals surface area contributed by atoms with Gasteiger partial charge in [-0.15, -0.1) is 0 Å². The number of pyridine rings is 1. The van der Waals surface area contributed by atoms with Crippen molar-refractivity contribution >= 4 is 16.6 Å². The van der Waals surface area contributed by atoms with Gasteiger partial charge in [0.1, 0.15) is 11.6 Å². The van der Waals surface area contributed by atoms with Crippen molar-refractivity contribution in [2.24, 2.45) is 5.92 Å². The number of rotatable bonds is 6. The van der Waals surface area contributed by atoms with Crippen LogP contribution >= 0.6 is 0 Å². The summed E-state index contributed by atoms with van der Waals surface area (Å²) in [5.74, 6) is 1.38. The molecule has 1 heterocycles. The molecule has 1 unspecified atom stereocenters. The van der Waals surface area contributed by atoms with E-state index in [-0.39, 0.29) is 12.4 Å². The van der Waals surface area contributed by atoms with Crippen LogP contribution < -0.4 is 5.32 Å². The molecule has 4 nitrogen and oxygen atoms in total. The molecule has 0 fully saturated rings. The molecule has 2 rings (SSSR count). The summed E-state index contributed by atoms with van der Waals surface area (Å²) in [5, 5.41) is 23.8. The second-order valence-corrected chi connectivity index (χ2v) is 4.92. The number of aliphatic hydroxyl groups excluding tert-OH is 1. The number of nitrogens with one attached hydrogen (secondary N) is 1. The number of aromatic nitrogens is 1. The lowest BCUT2D eigenvalue weighted by Gasteiger charge is -2.10. The molecule has 1 atom stereocenters. The molecule has 19 heavy (non-hydrogen) atoms. The summed E-state index contributed by atoms with van der Waals surface area (Å²) in [5.41, 5.74) is 0. The maximum atomic E-state index is 9.55. The Labute approximate surface area is 113 Å². The molecule has 1 aromatic heterocycles. The Hall–Kier alpha value is -1.81. The first kappa shape index (κ1) is 13.6. The van der Waals surface area contributed by atoms with Crippen molar-refractivity contribution in [2.45, 2.75) is 19.8 Å². The number of hydrogen-bond acceptors (Lipinski definition) is 4. The van der Waals surface area contributed by atoms with Crippen LogP contribution in [0.25, 0.3) is 10.8 Å². The zero-order valence-corrected chi connectivity index (χ0v) is 11.1. The molecule has 0 aliphatic carbocycles. The lowest BCUT2D eigenvalue weighted by atomic mass is 10.1. The third-order valence-electron chi connectivity index (χ3n) is 3.23. The molecule has 102 valence electrons. The van der Waals surface area contributed by atoms with Gasteiger partial charge in [0, 0.05) is 24.7 Å². The van der Waals surface area contributed by atoms with Gasteiger partial charge in [-0.3, -0.25) is 0 Å². The Morgan fingerprint density at radius 1 is 1.32 bits per heavy atom. The van der Waals surface area contributed by atoms with E-state index in [2.05, 4.69) is 10.3 Å². The fraction of sp³-hybridized carbons (Fsp3) is 0.400. The van der Waals surface area contributed by atoms with Gasteiger partial charge in [0.05, 0.1) is 0 Å². The van der Waals surface area contributed by atoms with E-state index in [9.17, 15) is 5.11 Å². The first-order valence-corrected chi connectivity index (χ1v) is 6.63. The minimum Gasteiger partial charge on any atom is -0.508 e. The molecule has 0 saturated carbocycles. The summed E-state index contributed by atoms with van der Waals surface area (Å²) < 4.78 is 0. The summed E-state index contributed by atoms with van der Waals surface area (Å²) in [7, 11) is 0. The van der Waals surface area contributed by atoms with Crippen molar-refractivity contribution in [1.29, 1.82) is 0 Å². The normalized spacial score (nSPS) is 12.5. The third kappa shape index (κ3) is 3.58. The molecule has 1 aromatic carbocycles. The molecular weight excluding hydrogens is 240 g/mol. The number of hydrogen-bond donors (Lipinski definition) is 3. The van der Waals surface area contributed by atoms with Crippen molar-refractivity contribution < 1.29 is 10.2 Å². The summed E-state index contributed by atoms with van der Waals surface area (Å²) >= 11 is 0. The average Bonchev–Trinajstić information content (AvgIpc) is 2.43. The van der Waals surface area contributed by atoms with Crippen molar-refractivity contribution in [3.63, 3.8) is 0 Å². The van der Waals surface area contributed by atoms with E-state index in [0.29, 0.717) is 5.92 Å². The Kier molecular flexibility index (Phi) is 4.58. The quantitative estimate of drug-likeness (QED) is 0.699. The molecule has 0 amide bonds. The van der Waals surface area contributed by atoms with E-state index < -0.39 is 0 Å². The molecule has 0 spiro atoms. The van der Waals surface area contributed by atoms with Crippen LogP contribution in [-0.2, 0) is 0 Å². The minimum absolute atomic E-state index is 0.236. The van der Waals surface area contributed by atoms with E-state index in [1.807, 2.05) is 19.1 Å². The van der Waals surface area contributed by atoms with Crippen LogP contribution in [0.2, 0.25) is 0 Å². The van der Waals surface area contributed by atoms with E-state index in [1.54, 1.807) is 18.3 Å². The van der Waals surface area contributed by atoms with Gasteiger partial charge in [-0.25, -0.2) is 4.98 Å².